The number of aryl methyl sites for hydroxylation is 1. The molecule has 0 atom stereocenters. The Hall–Kier alpha value is -0.500. The van der Waals surface area contributed by atoms with Gasteiger partial charge in [-0.25, -0.2) is 4.98 Å². The minimum Gasteiger partial charge on any atom is -0.250 e. The summed E-state index contributed by atoms with van der Waals surface area (Å²) < 4.78 is 0. The van der Waals surface area contributed by atoms with Gasteiger partial charge in [-0.2, -0.15) is 0 Å². The number of aromatic nitrogens is 1. The van der Waals surface area contributed by atoms with Gasteiger partial charge >= 0.3 is 0 Å². The zero-order valence-corrected chi connectivity index (χ0v) is 7.11. The Morgan fingerprint density at radius 2 is 2.30 bits per heavy atom. The molecule has 1 heterocycles. The van der Waals surface area contributed by atoms with E-state index in [-0.39, 0.29) is 0 Å². The van der Waals surface area contributed by atoms with Crippen LogP contribution in [0, 0.1) is 0 Å². The van der Waals surface area contributed by atoms with Crippen LogP contribution in [0.3, 0.4) is 0 Å². The molecule has 0 aliphatic carbocycles. The van der Waals surface area contributed by atoms with Crippen molar-refractivity contribution < 1.29 is 0 Å². The van der Waals surface area contributed by atoms with E-state index < -0.39 is 0 Å². The van der Waals surface area contributed by atoms with Crippen molar-refractivity contribution in [1.82, 2.24) is 4.98 Å². The largest absolute Gasteiger partial charge is 0.250 e. The molecule has 0 N–H and O–H groups in total. The van der Waals surface area contributed by atoms with Crippen molar-refractivity contribution in [1.29, 1.82) is 0 Å². The summed E-state index contributed by atoms with van der Waals surface area (Å²) in [7, 11) is 0. The highest BCUT2D eigenvalue weighted by atomic mass is 32.2. The number of thioether (sulfide) groups is 1. The number of rotatable bonds is 2. The highest BCUT2D eigenvalue weighted by molar-refractivity contribution is 7.98. The quantitative estimate of drug-likeness (QED) is 0.605. The van der Waals surface area contributed by atoms with Gasteiger partial charge in [-0.05, 0) is 24.3 Å². The van der Waals surface area contributed by atoms with Crippen LogP contribution in [0.5, 0.6) is 0 Å². The van der Waals surface area contributed by atoms with Gasteiger partial charge in [0.25, 0.3) is 0 Å². The molecule has 0 aliphatic rings. The summed E-state index contributed by atoms with van der Waals surface area (Å²) in [5, 5.41) is 1.09. The van der Waals surface area contributed by atoms with E-state index in [0.717, 1.165) is 11.4 Å². The summed E-state index contributed by atoms with van der Waals surface area (Å²) in [4.78, 5) is 4.23. The van der Waals surface area contributed by atoms with Crippen molar-refractivity contribution in [3.05, 3.63) is 23.9 Å². The van der Waals surface area contributed by atoms with Crippen molar-refractivity contribution in [2.45, 2.75) is 18.4 Å². The fourth-order valence-electron chi connectivity index (χ4n) is 0.741. The number of pyridine rings is 1. The maximum atomic E-state index is 4.23. The third kappa shape index (κ3) is 1.74. The molecule has 54 valence electrons. The van der Waals surface area contributed by atoms with Gasteiger partial charge in [-0.3, -0.25) is 0 Å². The first-order valence-corrected chi connectivity index (χ1v) is 4.58. The van der Waals surface area contributed by atoms with Crippen LogP contribution >= 0.6 is 11.8 Å². The molecule has 0 radical (unpaired) electrons. The lowest BCUT2D eigenvalue weighted by atomic mass is 10.2. The molecule has 0 spiro atoms. The topological polar surface area (TPSA) is 12.9 Å². The van der Waals surface area contributed by atoms with E-state index in [2.05, 4.69) is 24.0 Å². The van der Waals surface area contributed by atoms with Gasteiger partial charge in [0, 0.05) is 6.20 Å². The molecule has 1 nitrogen and oxygen atoms in total. The summed E-state index contributed by atoms with van der Waals surface area (Å²) in [6.45, 7) is 2.13. The maximum Gasteiger partial charge on any atom is 0.0957 e. The average Bonchev–Trinajstić information content (AvgIpc) is 2.05. The Bertz CT molecular complexity index is 170. The van der Waals surface area contributed by atoms with E-state index in [1.165, 1.54) is 5.56 Å². The molecule has 1 aromatic rings. The van der Waals surface area contributed by atoms with Crippen molar-refractivity contribution >= 4 is 11.8 Å². The fraction of sp³-hybridized carbons (Fsp3) is 0.375. The second-order valence-corrected chi connectivity index (χ2v) is 2.89. The van der Waals surface area contributed by atoms with Crippen LogP contribution in [-0.2, 0) is 6.42 Å². The van der Waals surface area contributed by atoms with E-state index in [1.807, 2.05) is 12.5 Å². The molecule has 0 fully saturated rings. The lowest BCUT2D eigenvalue weighted by Crippen LogP contribution is -1.82. The molecule has 0 aromatic carbocycles. The van der Waals surface area contributed by atoms with Crippen molar-refractivity contribution in [3.63, 3.8) is 0 Å². The van der Waals surface area contributed by atoms with Crippen LogP contribution in [0.25, 0.3) is 0 Å². The van der Waals surface area contributed by atoms with Crippen molar-refractivity contribution in [2.75, 3.05) is 6.26 Å². The molecule has 1 rings (SSSR count). The first kappa shape index (κ1) is 7.61. The SMILES string of the molecule is CCc1ccc(SC)nc1. The third-order valence-electron chi connectivity index (χ3n) is 1.41. The summed E-state index contributed by atoms with van der Waals surface area (Å²) in [5.74, 6) is 0. The van der Waals surface area contributed by atoms with E-state index in [4.69, 9.17) is 0 Å². The van der Waals surface area contributed by atoms with Gasteiger partial charge in [0.1, 0.15) is 0 Å². The monoisotopic (exact) mass is 153 g/mol. The first-order valence-electron chi connectivity index (χ1n) is 3.35. The minimum atomic E-state index is 1.07. The van der Waals surface area contributed by atoms with E-state index in [1.54, 1.807) is 11.8 Å². The smallest absolute Gasteiger partial charge is 0.0957 e. The molecule has 0 aliphatic heterocycles. The summed E-state index contributed by atoms with van der Waals surface area (Å²) >= 11 is 1.68. The van der Waals surface area contributed by atoms with E-state index in [9.17, 15) is 0 Å². The lowest BCUT2D eigenvalue weighted by Gasteiger charge is -1.96. The Balaban J connectivity index is 2.80. The van der Waals surface area contributed by atoms with Crippen LogP contribution < -0.4 is 0 Å². The van der Waals surface area contributed by atoms with Gasteiger partial charge in [-0.15, -0.1) is 11.8 Å². The molecule has 1 aromatic heterocycles. The Labute approximate surface area is 65.9 Å². The van der Waals surface area contributed by atoms with Crippen LogP contribution in [0.4, 0.5) is 0 Å². The first-order chi connectivity index (χ1) is 4.86. The standard InChI is InChI=1S/C8H11NS/c1-3-7-4-5-8(10-2)9-6-7/h4-6H,3H2,1-2H3. The predicted molar refractivity (Wildman–Crippen MR) is 45.4 cm³/mol. The van der Waals surface area contributed by atoms with Crippen LogP contribution in [0.15, 0.2) is 23.4 Å². The number of nitrogens with zero attached hydrogens (tertiary/aromatic N) is 1. The van der Waals surface area contributed by atoms with Gasteiger partial charge in [-0.1, -0.05) is 13.0 Å². The van der Waals surface area contributed by atoms with Crippen LogP contribution in [0.2, 0.25) is 0 Å². The second-order valence-electron chi connectivity index (χ2n) is 2.06. The molecule has 2 heteroatoms. The Morgan fingerprint density at radius 3 is 2.70 bits per heavy atom. The van der Waals surface area contributed by atoms with Crippen LogP contribution in [0.1, 0.15) is 12.5 Å². The molecule has 0 unspecified atom stereocenters. The van der Waals surface area contributed by atoms with Gasteiger partial charge in [0.05, 0.1) is 5.03 Å². The summed E-state index contributed by atoms with van der Waals surface area (Å²) in [6, 6.07) is 4.18. The average molecular weight is 153 g/mol. The van der Waals surface area contributed by atoms with Crippen molar-refractivity contribution in [2.24, 2.45) is 0 Å². The van der Waals surface area contributed by atoms with Gasteiger partial charge in [0.2, 0.25) is 0 Å². The molecule has 0 saturated heterocycles. The molecule has 10 heavy (non-hydrogen) atoms. The van der Waals surface area contributed by atoms with Crippen LogP contribution in [-0.4, -0.2) is 11.2 Å². The van der Waals surface area contributed by atoms with E-state index in [0.29, 0.717) is 0 Å². The number of hydrogen-bond donors (Lipinski definition) is 0. The zero-order chi connectivity index (χ0) is 7.40. The summed E-state index contributed by atoms with van der Waals surface area (Å²) in [5.41, 5.74) is 1.30. The highest BCUT2D eigenvalue weighted by Gasteiger charge is 1.90. The minimum absolute atomic E-state index is 1.07. The highest BCUT2D eigenvalue weighted by Crippen LogP contribution is 2.10. The fourth-order valence-corrected chi connectivity index (χ4v) is 1.10. The van der Waals surface area contributed by atoms with Gasteiger partial charge in [0.15, 0.2) is 0 Å². The van der Waals surface area contributed by atoms with Crippen molar-refractivity contribution in [3.8, 4) is 0 Å². The molecular formula is C8H11NS. The second kappa shape index (κ2) is 3.62. The molecule has 0 bridgehead atoms. The zero-order valence-electron chi connectivity index (χ0n) is 6.29. The van der Waals surface area contributed by atoms with Gasteiger partial charge < -0.3 is 0 Å². The molecular weight excluding hydrogens is 142 g/mol. The van der Waals surface area contributed by atoms with E-state index >= 15 is 0 Å². The Kier molecular flexibility index (Phi) is 2.75. The summed E-state index contributed by atoms with van der Waals surface area (Å²) in [6.07, 6.45) is 5.04. The normalized spacial score (nSPS) is 9.80. The molecule has 0 saturated carbocycles. The maximum absolute atomic E-state index is 4.23. The molecule has 0 amide bonds. The lowest BCUT2D eigenvalue weighted by molar-refractivity contribution is 1.05. The Morgan fingerprint density at radius 1 is 1.50 bits per heavy atom. The predicted octanol–water partition coefficient (Wildman–Crippen LogP) is 2.37. The number of hydrogen-bond acceptors (Lipinski definition) is 2. The third-order valence-corrected chi connectivity index (χ3v) is 2.07.